The number of aromatic hydroxyl groups is 1. The van der Waals surface area contributed by atoms with Gasteiger partial charge in [0.15, 0.2) is 0 Å². The molecule has 0 saturated carbocycles. The fourth-order valence-corrected chi connectivity index (χ4v) is 1.75. The van der Waals surface area contributed by atoms with E-state index >= 15 is 0 Å². The molecule has 0 bridgehead atoms. The minimum atomic E-state index is 0.249. The molecule has 0 amide bonds. The van der Waals surface area contributed by atoms with Gasteiger partial charge in [-0.25, -0.2) is 0 Å². The van der Waals surface area contributed by atoms with Crippen LogP contribution in [0.3, 0.4) is 0 Å². The van der Waals surface area contributed by atoms with Gasteiger partial charge in [-0.2, -0.15) is 0 Å². The number of hydrogen-bond acceptors (Lipinski definition) is 6. The van der Waals surface area contributed by atoms with Gasteiger partial charge in [-0.3, -0.25) is 0 Å². The summed E-state index contributed by atoms with van der Waals surface area (Å²) in [6.45, 7) is 2.00. The van der Waals surface area contributed by atoms with Gasteiger partial charge in [0, 0.05) is 30.5 Å². The Balaban J connectivity index is 0.000000414. The Bertz CT molecular complexity index is 565. The van der Waals surface area contributed by atoms with Crippen molar-refractivity contribution in [3.63, 3.8) is 0 Å². The average Bonchev–Trinajstić information content (AvgIpc) is 2.58. The van der Waals surface area contributed by atoms with Crippen LogP contribution >= 0.6 is 0 Å². The molecule has 2 aromatic rings. The van der Waals surface area contributed by atoms with Crippen LogP contribution in [-0.4, -0.2) is 25.2 Å². The maximum atomic E-state index is 10.2. The molecule has 2 aromatic carbocycles. The van der Waals surface area contributed by atoms with Crippen LogP contribution < -0.4 is 16.8 Å². The molecular weight excluding hydrogens is 294 g/mol. The van der Waals surface area contributed by atoms with Crippen LogP contribution in [0.4, 0.5) is 17.1 Å². The van der Waals surface area contributed by atoms with Gasteiger partial charge in [-0.15, -0.1) is 0 Å². The molecule has 0 unspecified atom stereocenters. The SMILES string of the molecule is C=O.CNc1ccc(N)cc1CCC=O.Nc1ccc(O)cc1. The highest BCUT2D eigenvalue weighted by atomic mass is 16.3. The van der Waals surface area contributed by atoms with Crippen molar-refractivity contribution in [1.29, 1.82) is 0 Å². The number of benzene rings is 2. The number of phenols is 1. The normalized spacial score (nSPS) is 8.74. The molecule has 6 heteroatoms. The van der Waals surface area contributed by atoms with Gasteiger partial charge in [0.25, 0.3) is 0 Å². The number of rotatable bonds is 4. The largest absolute Gasteiger partial charge is 0.508 e. The molecule has 0 spiro atoms. The number of anilines is 3. The highest BCUT2D eigenvalue weighted by Crippen LogP contribution is 2.19. The number of aldehydes is 1. The lowest BCUT2D eigenvalue weighted by Gasteiger charge is -2.08. The van der Waals surface area contributed by atoms with E-state index in [1.165, 1.54) is 0 Å². The molecule has 0 atom stereocenters. The molecule has 0 radical (unpaired) electrons. The standard InChI is InChI=1S/C10H14N2O.C6H7NO.CH2O/c1-12-10-5-4-9(11)7-8(10)3-2-6-13;7-5-1-3-6(8)4-2-5;1-2/h4-7,12H,2-3,11H2,1H3;1-4,8H,7H2;1H2. The highest BCUT2D eigenvalue weighted by molar-refractivity contribution is 5.59. The summed E-state index contributed by atoms with van der Waals surface area (Å²) in [5, 5.41) is 11.8. The maximum Gasteiger partial charge on any atom is 0.120 e. The third-order valence-electron chi connectivity index (χ3n) is 2.82. The Hall–Kier alpha value is -3.02. The number of aryl methyl sites for hydroxylation is 1. The second-order valence-electron chi connectivity index (χ2n) is 4.46. The maximum absolute atomic E-state index is 10.2. The summed E-state index contributed by atoms with van der Waals surface area (Å²) in [6.07, 6.45) is 2.20. The first-order valence-electron chi connectivity index (χ1n) is 6.90. The Kier molecular flexibility index (Phi) is 10.1. The van der Waals surface area contributed by atoms with Gasteiger partial charge in [-0.1, -0.05) is 0 Å². The number of phenolic OH excluding ortho intramolecular Hbond substituents is 1. The quantitative estimate of drug-likeness (QED) is 0.390. The van der Waals surface area contributed by atoms with Crippen LogP contribution in [0.1, 0.15) is 12.0 Å². The summed E-state index contributed by atoms with van der Waals surface area (Å²) < 4.78 is 0. The third kappa shape index (κ3) is 8.11. The zero-order chi connectivity index (χ0) is 17.7. The van der Waals surface area contributed by atoms with Crippen molar-refractivity contribution in [3.05, 3.63) is 48.0 Å². The van der Waals surface area contributed by atoms with Crippen LogP contribution in [0.25, 0.3) is 0 Å². The number of nitrogens with two attached hydrogens (primary N) is 2. The monoisotopic (exact) mass is 317 g/mol. The van der Waals surface area contributed by atoms with Gasteiger partial charge < -0.3 is 31.5 Å². The van der Waals surface area contributed by atoms with Crippen molar-refractivity contribution in [2.45, 2.75) is 12.8 Å². The molecule has 124 valence electrons. The number of nitrogen functional groups attached to an aromatic ring is 2. The summed E-state index contributed by atoms with van der Waals surface area (Å²) in [5.41, 5.74) is 14.5. The second kappa shape index (κ2) is 11.6. The predicted octanol–water partition coefficient (Wildman–Crippen LogP) is 2.23. The number of carbonyl (C=O) groups is 2. The molecule has 23 heavy (non-hydrogen) atoms. The summed E-state index contributed by atoms with van der Waals surface area (Å²) in [4.78, 5) is 18.2. The Morgan fingerprint density at radius 2 is 1.65 bits per heavy atom. The number of carbonyl (C=O) groups excluding carboxylic acids is 2. The predicted molar refractivity (Wildman–Crippen MR) is 94.4 cm³/mol. The molecule has 0 aliphatic heterocycles. The molecule has 0 heterocycles. The third-order valence-corrected chi connectivity index (χ3v) is 2.82. The highest BCUT2D eigenvalue weighted by Gasteiger charge is 2.00. The Labute approximate surface area is 136 Å². The fraction of sp³-hybridized carbons (Fsp3) is 0.176. The molecular formula is C17H23N3O3. The van der Waals surface area contributed by atoms with Gasteiger partial charge in [0.05, 0.1) is 0 Å². The van der Waals surface area contributed by atoms with E-state index in [0.29, 0.717) is 12.1 Å². The second-order valence-corrected chi connectivity index (χ2v) is 4.46. The Morgan fingerprint density at radius 1 is 1.09 bits per heavy atom. The van der Waals surface area contributed by atoms with Crippen molar-refractivity contribution in [2.75, 3.05) is 23.8 Å². The van der Waals surface area contributed by atoms with Crippen molar-refractivity contribution in [1.82, 2.24) is 0 Å². The Morgan fingerprint density at radius 3 is 2.13 bits per heavy atom. The van der Waals surface area contributed by atoms with E-state index in [1.54, 1.807) is 24.3 Å². The molecule has 0 aliphatic rings. The fourth-order valence-electron chi connectivity index (χ4n) is 1.75. The number of nitrogens with one attached hydrogen (secondary N) is 1. The van der Waals surface area contributed by atoms with E-state index in [1.807, 2.05) is 32.0 Å². The molecule has 2 rings (SSSR count). The topological polar surface area (TPSA) is 118 Å². The average molecular weight is 317 g/mol. The van der Waals surface area contributed by atoms with Crippen LogP contribution in [0, 0.1) is 0 Å². The van der Waals surface area contributed by atoms with E-state index in [0.717, 1.165) is 29.6 Å². The molecule has 0 saturated heterocycles. The summed E-state index contributed by atoms with van der Waals surface area (Å²) >= 11 is 0. The first-order valence-corrected chi connectivity index (χ1v) is 6.90. The van der Waals surface area contributed by atoms with Crippen molar-refractivity contribution in [2.24, 2.45) is 0 Å². The summed E-state index contributed by atoms with van der Waals surface area (Å²) in [5.74, 6) is 0.249. The smallest absolute Gasteiger partial charge is 0.120 e. The van der Waals surface area contributed by atoms with E-state index in [-0.39, 0.29) is 5.75 Å². The van der Waals surface area contributed by atoms with Gasteiger partial charge in [0.2, 0.25) is 0 Å². The lowest BCUT2D eigenvalue weighted by atomic mass is 10.1. The van der Waals surface area contributed by atoms with E-state index in [2.05, 4.69) is 5.32 Å². The van der Waals surface area contributed by atoms with Crippen molar-refractivity contribution in [3.8, 4) is 5.75 Å². The van der Waals surface area contributed by atoms with Crippen LogP contribution in [0.15, 0.2) is 42.5 Å². The minimum Gasteiger partial charge on any atom is -0.508 e. The van der Waals surface area contributed by atoms with Crippen LogP contribution in [-0.2, 0) is 16.0 Å². The van der Waals surface area contributed by atoms with Crippen molar-refractivity contribution < 1.29 is 14.7 Å². The zero-order valence-corrected chi connectivity index (χ0v) is 13.2. The minimum absolute atomic E-state index is 0.249. The van der Waals surface area contributed by atoms with Gasteiger partial charge in [0.1, 0.15) is 18.8 Å². The molecule has 6 nitrogen and oxygen atoms in total. The first kappa shape index (κ1) is 20.0. The van der Waals surface area contributed by atoms with Crippen LogP contribution in [0.2, 0.25) is 0 Å². The molecule has 0 aliphatic carbocycles. The van der Waals surface area contributed by atoms with Crippen molar-refractivity contribution >= 4 is 30.1 Å². The molecule has 6 N–H and O–H groups in total. The summed E-state index contributed by atoms with van der Waals surface area (Å²) in [7, 11) is 1.86. The number of hydrogen-bond donors (Lipinski definition) is 4. The summed E-state index contributed by atoms with van der Waals surface area (Å²) in [6, 6.07) is 12.1. The molecule has 0 fully saturated rings. The van der Waals surface area contributed by atoms with Gasteiger partial charge in [-0.05, 0) is 54.4 Å². The van der Waals surface area contributed by atoms with E-state index in [4.69, 9.17) is 21.4 Å². The van der Waals surface area contributed by atoms with E-state index in [9.17, 15) is 4.79 Å². The molecule has 0 aromatic heterocycles. The van der Waals surface area contributed by atoms with Crippen LogP contribution in [0.5, 0.6) is 5.75 Å². The van der Waals surface area contributed by atoms with E-state index < -0.39 is 0 Å². The zero-order valence-electron chi connectivity index (χ0n) is 13.2. The first-order chi connectivity index (χ1) is 11.1. The van der Waals surface area contributed by atoms with Gasteiger partial charge >= 0.3 is 0 Å². The lowest BCUT2D eigenvalue weighted by molar-refractivity contribution is -0.107. The lowest BCUT2D eigenvalue weighted by Crippen LogP contribution is -1.97.